The number of hydrogen-bond donors (Lipinski definition) is 2. The van der Waals surface area contributed by atoms with E-state index in [9.17, 15) is 9.59 Å². The van der Waals surface area contributed by atoms with E-state index in [0.29, 0.717) is 18.0 Å². The number of nitrogens with one attached hydrogen (secondary N) is 2. The van der Waals surface area contributed by atoms with E-state index in [1.807, 2.05) is 37.3 Å². The Bertz CT molecular complexity index is 769. The molecule has 2 N–H and O–H groups in total. The van der Waals surface area contributed by atoms with Gasteiger partial charge in [0.1, 0.15) is 5.75 Å². The molecule has 0 aliphatic heterocycles. The molecule has 0 radical (unpaired) electrons. The molecular formula is C20H22N2O3. The van der Waals surface area contributed by atoms with Gasteiger partial charge >= 0.3 is 0 Å². The van der Waals surface area contributed by atoms with Gasteiger partial charge in [0.05, 0.1) is 0 Å². The van der Waals surface area contributed by atoms with E-state index in [1.54, 1.807) is 18.2 Å². The van der Waals surface area contributed by atoms with Crippen LogP contribution in [-0.4, -0.2) is 18.4 Å². The van der Waals surface area contributed by atoms with Crippen molar-refractivity contribution in [3.05, 3.63) is 59.7 Å². The van der Waals surface area contributed by atoms with Gasteiger partial charge in [0.2, 0.25) is 5.91 Å². The van der Waals surface area contributed by atoms with Gasteiger partial charge in [0.15, 0.2) is 6.61 Å². The van der Waals surface area contributed by atoms with Gasteiger partial charge in [-0.05, 0) is 43.0 Å². The van der Waals surface area contributed by atoms with Crippen molar-refractivity contribution >= 4 is 17.5 Å². The van der Waals surface area contributed by atoms with Gasteiger partial charge in [-0.25, -0.2) is 0 Å². The molecule has 1 saturated carbocycles. The summed E-state index contributed by atoms with van der Waals surface area (Å²) in [5, 5.41) is 5.71. The van der Waals surface area contributed by atoms with Crippen molar-refractivity contribution in [3.8, 4) is 5.75 Å². The highest BCUT2D eigenvalue weighted by Gasteiger charge is 2.29. The fraction of sp³-hybridized carbons (Fsp3) is 0.300. The number of hydrogen-bond acceptors (Lipinski definition) is 3. The lowest BCUT2D eigenvalue weighted by atomic mass is 10.1. The average molecular weight is 338 g/mol. The third kappa shape index (κ3) is 5.08. The van der Waals surface area contributed by atoms with Gasteiger partial charge in [-0.3, -0.25) is 9.59 Å². The summed E-state index contributed by atoms with van der Waals surface area (Å²) in [6.07, 6.45) is 1.92. The predicted octanol–water partition coefficient (Wildman–Crippen LogP) is 3.04. The number of amides is 2. The maximum atomic E-state index is 12.0. The van der Waals surface area contributed by atoms with E-state index in [2.05, 4.69) is 10.6 Å². The van der Waals surface area contributed by atoms with Crippen LogP contribution < -0.4 is 15.4 Å². The molecule has 2 aromatic rings. The summed E-state index contributed by atoms with van der Waals surface area (Å²) in [4.78, 5) is 23.7. The first-order valence-electron chi connectivity index (χ1n) is 8.47. The molecule has 130 valence electrons. The summed E-state index contributed by atoms with van der Waals surface area (Å²) in [5.41, 5.74) is 2.91. The van der Waals surface area contributed by atoms with Crippen LogP contribution in [0, 0.1) is 12.8 Å². The molecule has 5 nitrogen and oxygen atoms in total. The number of benzene rings is 2. The van der Waals surface area contributed by atoms with Crippen molar-refractivity contribution in [2.45, 2.75) is 26.3 Å². The first-order chi connectivity index (χ1) is 12.1. The van der Waals surface area contributed by atoms with Gasteiger partial charge in [0.25, 0.3) is 5.91 Å². The van der Waals surface area contributed by atoms with Crippen LogP contribution in [0.2, 0.25) is 0 Å². The van der Waals surface area contributed by atoms with Crippen LogP contribution >= 0.6 is 0 Å². The lowest BCUT2D eigenvalue weighted by molar-refractivity contribution is -0.123. The fourth-order valence-corrected chi connectivity index (χ4v) is 2.46. The Kier molecular flexibility index (Phi) is 5.33. The van der Waals surface area contributed by atoms with Crippen molar-refractivity contribution < 1.29 is 14.3 Å². The number of aryl methyl sites for hydroxylation is 1. The minimum Gasteiger partial charge on any atom is -0.484 e. The van der Waals surface area contributed by atoms with Crippen molar-refractivity contribution in [1.29, 1.82) is 0 Å². The molecule has 25 heavy (non-hydrogen) atoms. The monoisotopic (exact) mass is 338 g/mol. The zero-order valence-electron chi connectivity index (χ0n) is 14.2. The summed E-state index contributed by atoms with van der Waals surface area (Å²) in [7, 11) is 0. The number of rotatable bonds is 7. The van der Waals surface area contributed by atoms with E-state index < -0.39 is 0 Å². The van der Waals surface area contributed by atoms with Gasteiger partial charge in [-0.1, -0.05) is 30.3 Å². The van der Waals surface area contributed by atoms with E-state index in [1.165, 1.54) is 0 Å². The molecule has 0 aromatic heterocycles. The Hall–Kier alpha value is -2.82. The quantitative estimate of drug-likeness (QED) is 0.815. The first kappa shape index (κ1) is 17.0. The zero-order valence-corrected chi connectivity index (χ0v) is 14.2. The fourth-order valence-electron chi connectivity index (χ4n) is 2.46. The first-order valence-corrected chi connectivity index (χ1v) is 8.47. The number of ether oxygens (including phenoxy) is 1. The summed E-state index contributed by atoms with van der Waals surface area (Å²) < 4.78 is 5.52. The molecule has 0 unspecified atom stereocenters. The van der Waals surface area contributed by atoms with E-state index in [4.69, 9.17) is 4.74 Å². The van der Waals surface area contributed by atoms with Crippen LogP contribution in [0.15, 0.2) is 48.5 Å². The highest BCUT2D eigenvalue weighted by Crippen LogP contribution is 2.30. The highest BCUT2D eigenvalue weighted by molar-refractivity contribution is 5.94. The lowest BCUT2D eigenvalue weighted by Gasteiger charge is -2.10. The van der Waals surface area contributed by atoms with Crippen molar-refractivity contribution in [1.82, 2.24) is 5.32 Å². The van der Waals surface area contributed by atoms with Crippen molar-refractivity contribution in [3.63, 3.8) is 0 Å². The normalized spacial score (nSPS) is 13.2. The van der Waals surface area contributed by atoms with E-state index in [0.717, 1.165) is 24.0 Å². The predicted molar refractivity (Wildman–Crippen MR) is 96.3 cm³/mol. The molecule has 0 heterocycles. The van der Waals surface area contributed by atoms with E-state index in [-0.39, 0.29) is 24.3 Å². The summed E-state index contributed by atoms with van der Waals surface area (Å²) >= 11 is 0. The van der Waals surface area contributed by atoms with Gasteiger partial charge < -0.3 is 15.4 Å². The summed E-state index contributed by atoms with van der Waals surface area (Å²) in [6, 6.07) is 15.0. The third-order valence-corrected chi connectivity index (χ3v) is 4.16. The SMILES string of the molecule is Cc1ccccc1CNC(=O)COc1cccc(NC(=O)C2CC2)c1. The Morgan fingerprint density at radius 3 is 2.68 bits per heavy atom. The molecule has 0 saturated heterocycles. The van der Waals surface area contributed by atoms with Crippen LogP contribution in [0.1, 0.15) is 24.0 Å². The smallest absolute Gasteiger partial charge is 0.258 e. The molecule has 3 rings (SSSR count). The number of carbonyl (C=O) groups is 2. The zero-order chi connectivity index (χ0) is 17.6. The lowest BCUT2D eigenvalue weighted by Crippen LogP contribution is -2.28. The minimum atomic E-state index is -0.185. The van der Waals surface area contributed by atoms with Gasteiger partial charge in [-0.15, -0.1) is 0 Å². The molecule has 0 atom stereocenters. The molecule has 2 aromatic carbocycles. The third-order valence-electron chi connectivity index (χ3n) is 4.16. The second-order valence-corrected chi connectivity index (χ2v) is 6.28. The Labute approximate surface area is 147 Å². The Morgan fingerprint density at radius 1 is 1.12 bits per heavy atom. The Balaban J connectivity index is 1.46. The summed E-state index contributed by atoms with van der Waals surface area (Å²) in [5.74, 6) is 0.570. The maximum Gasteiger partial charge on any atom is 0.258 e. The Morgan fingerprint density at radius 2 is 1.92 bits per heavy atom. The maximum absolute atomic E-state index is 12.0. The molecular weight excluding hydrogens is 316 g/mol. The highest BCUT2D eigenvalue weighted by atomic mass is 16.5. The van der Waals surface area contributed by atoms with Crippen molar-refractivity contribution in [2.24, 2.45) is 5.92 Å². The second kappa shape index (κ2) is 7.83. The van der Waals surface area contributed by atoms with Crippen LogP contribution in [-0.2, 0) is 16.1 Å². The molecule has 1 aliphatic rings. The topological polar surface area (TPSA) is 67.4 Å². The second-order valence-electron chi connectivity index (χ2n) is 6.28. The number of carbonyl (C=O) groups excluding carboxylic acids is 2. The largest absolute Gasteiger partial charge is 0.484 e. The van der Waals surface area contributed by atoms with Gasteiger partial charge in [0, 0.05) is 24.2 Å². The van der Waals surface area contributed by atoms with Crippen LogP contribution in [0.4, 0.5) is 5.69 Å². The van der Waals surface area contributed by atoms with Crippen LogP contribution in [0.5, 0.6) is 5.75 Å². The summed E-state index contributed by atoms with van der Waals surface area (Å²) in [6.45, 7) is 2.43. The molecule has 1 fully saturated rings. The molecule has 5 heteroatoms. The van der Waals surface area contributed by atoms with Gasteiger partial charge in [-0.2, -0.15) is 0 Å². The molecule has 1 aliphatic carbocycles. The molecule has 0 bridgehead atoms. The molecule has 2 amide bonds. The standard InChI is InChI=1S/C20H22N2O3/c1-14-5-2-3-6-16(14)12-21-19(23)13-25-18-8-4-7-17(11-18)22-20(24)15-9-10-15/h2-8,11,15H,9-10,12-13H2,1H3,(H,21,23)(H,22,24). The average Bonchev–Trinajstić information content (AvgIpc) is 3.45. The van der Waals surface area contributed by atoms with Crippen LogP contribution in [0.3, 0.4) is 0 Å². The number of anilines is 1. The van der Waals surface area contributed by atoms with Crippen LogP contribution in [0.25, 0.3) is 0 Å². The minimum absolute atomic E-state index is 0.0492. The molecule has 0 spiro atoms. The van der Waals surface area contributed by atoms with E-state index >= 15 is 0 Å². The van der Waals surface area contributed by atoms with Crippen molar-refractivity contribution in [2.75, 3.05) is 11.9 Å².